The summed E-state index contributed by atoms with van der Waals surface area (Å²) in [5.74, 6) is -1.34. The van der Waals surface area contributed by atoms with Gasteiger partial charge in [-0.3, -0.25) is 0 Å². The van der Waals surface area contributed by atoms with Crippen molar-refractivity contribution in [2.45, 2.75) is 6.18 Å². The Hall–Kier alpha value is -1.98. The Morgan fingerprint density at radius 1 is 1.38 bits per heavy atom. The second-order valence-electron chi connectivity index (χ2n) is 2.98. The first kappa shape index (κ1) is 12.1. The number of carboxylic acids is 1. The average Bonchev–Trinajstić information content (AvgIpc) is 2.13. The maximum atomic E-state index is 12.5. The highest BCUT2D eigenvalue weighted by atomic mass is 19.4. The molecule has 1 rings (SSSR count). The summed E-state index contributed by atoms with van der Waals surface area (Å²) in [6.45, 7) is 0. The average molecular weight is 231 g/mol. The topological polar surface area (TPSA) is 63.3 Å². The van der Waals surface area contributed by atoms with Gasteiger partial charge in [0.05, 0.1) is 5.56 Å². The van der Waals surface area contributed by atoms with E-state index in [9.17, 15) is 18.0 Å². The maximum absolute atomic E-state index is 12.5. The van der Waals surface area contributed by atoms with Gasteiger partial charge in [-0.15, -0.1) is 0 Å². The quantitative estimate of drug-likeness (QED) is 0.606. The van der Waals surface area contributed by atoms with Crippen molar-refractivity contribution < 1.29 is 23.1 Å². The third-order valence-electron chi connectivity index (χ3n) is 1.84. The monoisotopic (exact) mass is 231 g/mol. The molecule has 0 fully saturated rings. The molecule has 3 nitrogen and oxygen atoms in total. The first-order valence-corrected chi connectivity index (χ1v) is 4.19. The summed E-state index contributed by atoms with van der Waals surface area (Å²) in [5, 5.41) is 8.35. The summed E-state index contributed by atoms with van der Waals surface area (Å²) in [6.07, 6.45) is -3.12. The second-order valence-corrected chi connectivity index (χ2v) is 2.98. The minimum absolute atomic E-state index is 0.118. The predicted molar refractivity (Wildman–Crippen MR) is 52.5 cm³/mol. The largest absolute Gasteiger partial charge is 0.478 e. The van der Waals surface area contributed by atoms with Crippen molar-refractivity contribution in [3.8, 4) is 0 Å². The number of aliphatic carboxylic acids is 1. The molecule has 0 aliphatic carbocycles. The van der Waals surface area contributed by atoms with E-state index in [-0.39, 0.29) is 11.3 Å². The zero-order valence-corrected chi connectivity index (χ0v) is 7.95. The molecule has 0 aliphatic heterocycles. The first-order chi connectivity index (χ1) is 7.32. The molecule has 0 aliphatic rings. The minimum atomic E-state index is -4.56. The van der Waals surface area contributed by atoms with E-state index in [0.717, 1.165) is 18.2 Å². The van der Waals surface area contributed by atoms with Crippen molar-refractivity contribution in [1.82, 2.24) is 0 Å². The van der Waals surface area contributed by atoms with Crippen LogP contribution in [0.15, 0.2) is 24.3 Å². The Bertz CT molecular complexity index is 438. The van der Waals surface area contributed by atoms with Crippen molar-refractivity contribution in [1.29, 1.82) is 0 Å². The van der Waals surface area contributed by atoms with Crippen molar-refractivity contribution in [3.05, 3.63) is 35.4 Å². The third kappa shape index (κ3) is 2.75. The molecule has 86 valence electrons. The van der Waals surface area contributed by atoms with E-state index in [1.165, 1.54) is 6.07 Å². The van der Waals surface area contributed by atoms with E-state index in [0.29, 0.717) is 6.08 Å². The van der Waals surface area contributed by atoms with Gasteiger partial charge in [-0.1, -0.05) is 6.07 Å². The van der Waals surface area contributed by atoms with Crippen LogP contribution in [0.4, 0.5) is 18.9 Å². The van der Waals surface area contributed by atoms with Gasteiger partial charge in [0.25, 0.3) is 0 Å². The highest BCUT2D eigenvalue weighted by molar-refractivity contribution is 5.87. The number of carbonyl (C=O) groups is 1. The van der Waals surface area contributed by atoms with Crippen LogP contribution < -0.4 is 5.73 Å². The molecule has 6 heteroatoms. The van der Waals surface area contributed by atoms with Gasteiger partial charge in [0.15, 0.2) is 0 Å². The summed E-state index contributed by atoms with van der Waals surface area (Å²) >= 11 is 0. The van der Waals surface area contributed by atoms with Gasteiger partial charge < -0.3 is 10.8 Å². The molecule has 0 aromatic heterocycles. The number of rotatable bonds is 2. The Morgan fingerprint density at radius 2 is 2.00 bits per heavy atom. The summed E-state index contributed by atoms with van der Waals surface area (Å²) in [5.41, 5.74) is 3.95. The van der Waals surface area contributed by atoms with Gasteiger partial charge in [-0.25, -0.2) is 4.79 Å². The Kier molecular flexibility index (Phi) is 3.22. The van der Waals surface area contributed by atoms with Crippen LogP contribution in [0.2, 0.25) is 0 Å². The highest BCUT2D eigenvalue weighted by Crippen LogP contribution is 2.34. The van der Waals surface area contributed by atoms with Gasteiger partial charge in [-0.05, 0) is 18.2 Å². The Balaban J connectivity index is 3.30. The number of nitrogens with two attached hydrogens (primary N) is 1. The zero-order valence-electron chi connectivity index (χ0n) is 7.95. The normalized spacial score (nSPS) is 11.9. The van der Waals surface area contributed by atoms with Crippen LogP contribution in [-0.2, 0) is 11.0 Å². The highest BCUT2D eigenvalue weighted by Gasteiger charge is 2.33. The van der Waals surface area contributed by atoms with E-state index < -0.39 is 17.7 Å². The molecule has 0 heterocycles. The van der Waals surface area contributed by atoms with Crippen molar-refractivity contribution in [3.63, 3.8) is 0 Å². The molecule has 0 saturated heterocycles. The fourth-order valence-electron chi connectivity index (χ4n) is 1.17. The zero-order chi connectivity index (χ0) is 12.3. The van der Waals surface area contributed by atoms with E-state index in [1.807, 2.05) is 0 Å². The lowest BCUT2D eigenvalue weighted by Crippen LogP contribution is -2.09. The molecule has 1 aromatic rings. The molecule has 0 atom stereocenters. The molecule has 16 heavy (non-hydrogen) atoms. The fraction of sp³-hybridized carbons (Fsp3) is 0.100. The van der Waals surface area contributed by atoms with Crippen LogP contribution in [0, 0.1) is 0 Å². The summed E-state index contributed by atoms with van der Waals surface area (Å²) in [7, 11) is 0. The smallest absolute Gasteiger partial charge is 0.417 e. The standard InChI is InChI=1S/C10H8F3NO2/c11-10(12,13)7-2-1-3-8(14)6(7)4-5-9(15)16/h1-5H,14H2,(H,15,16). The molecule has 0 saturated carbocycles. The lowest BCUT2D eigenvalue weighted by atomic mass is 10.0. The molecular formula is C10H8F3NO2. The van der Waals surface area contributed by atoms with Gasteiger partial charge in [0, 0.05) is 17.3 Å². The summed E-state index contributed by atoms with van der Waals surface area (Å²) < 4.78 is 37.5. The van der Waals surface area contributed by atoms with Gasteiger partial charge >= 0.3 is 12.1 Å². The molecule has 0 radical (unpaired) electrons. The van der Waals surface area contributed by atoms with Crippen molar-refractivity contribution in [2.75, 3.05) is 5.73 Å². The van der Waals surface area contributed by atoms with Crippen LogP contribution >= 0.6 is 0 Å². The molecule has 1 aromatic carbocycles. The molecule has 0 bridgehead atoms. The SMILES string of the molecule is Nc1cccc(C(F)(F)F)c1C=CC(=O)O. The second kappa shape index (κ2) is 4.26. The molecule has 0 unspecified atom stereocenters. The van der Waals surface area contributed by atoms with Crippen molar-refractivity contribution >= 4 is 17.7 Å². The van der Waals surface area contributed by atoms with E-state index >= 15 is 0 Å². The summed E-state index contributed by atoms with van der Waals surface area (Å²) in [4.78, 5) is 10.2. The lowest BCUT2D eigenvalue weighted by Gasteiger charge is -2.11. The first-order valence-electron chi connectivity index (χ1n) is 4.19. The molecule has 0 spiro atoms. The molecule has 0 amide bonds. The lowest BCUT2D eigenvalue weighted by molar-refractivity contribution is -0.137. The van der Waals surface area contributed by atoms with E-state index in [1.54, 1.807) is 0 Å². The number of anilines is 1. The van der Waals surface area contributed by atoms with Crippen LogP contribution in [0.1, 0.15) is 11.1 Å². The van der Waals surface area contributed by atoms with E-state index in [2.05, 4.69) is 0 Å². The van der Waals surface area contributed by atoms with Crippen LogP contribution in [0.3, 0.4) is 0 Å². The number of hydrogen-bond acceptors (Lipinski definition) is 2. The van der Waals surface area contributed by atoms with E-state index in [4.69, 9.17) is 10.8 Å². The number of alkyl halides is 3. The Morgan fingerprint density at radius 3 is 2.50 bits per heavy atom. The van der Waals surface area contributed by atoms with Crippen LogP contribution in [0.25, 0.3) is 6.08 Å². The predicted octanol–water partition coefficient (Wildman–Crippen LogP) is 2.39. The number of benzene rings is 1. The third-order valence-corrected chi connectivity index (χ3v) is 1.84. The minimum Gasteiger partial charge on any atom is -0.478 e. The van der Waals surface area contributed by atoms with Gasteiger partial charge in [0.1, 0.15) is 0 Å². The summed E-state index contributed by atoms with van der Waals surface area (Å²) in [6, 6.07) is 3.28. The molecular weight excluding hydrogens is 223 g/mol. The van der Waals surface area contributed by atoms with Crippen molar-refractivity contribution in [2.24, 2.45) is 0 Å². The number of nitrogen functional groups attached to an aromatic ring is 1. The maximum Gasteiger partial charge on any atom is 0.417 e. The van der Waals surface area contributed by atoms with Crippen LogP contribution in [0.5, 0.6) is 0 Å². The number of carboxylic acid groups (broad SMARTS) is 1. The molecule has 3 N–H and O–H groups in total. The van der Waals surface area contributed by atoms with Crippen LogP contribution in [-0.4, -0.2) is 11.1 Å². The number of hydrogen-bond donors (Lipinski definition) is 2. The van der Waals surface area contributed by atoms with Gasteiger partial charge in [-0.2, -0.15) is 13.2 Å². The fourth-order valence-corrected chi connectivity index (χ4v) is 1.17. The Labute approximate surface area is 89.0 Å². The number of halogens is 3. The van der Waals surface area contributed by atoms with Gasteiger partial charge in [0.2, 0.25) is 0 Å².